The Hall–Kier alpha value is -2.63. The molecule has 1 unspecified atom stereocenters. The molecule has 1 aromatic carbocycles. The number of nitrogens with one attached hydrogen (secondary N) is 1. The van der Waals surface area contributed by atoms with Gasteiger partial charge in [0.2, 0.25) is 11.8 Å². The molecule has 6 heteroatoms. The molecule has 23 heavy (non-hydrogen) atoms. The third kappa shape index (κ3) is 3.11. The molecule has 0 fully saturated rings. The summed E-state index contributed by atoms with van der Waals surface area (Å²) in [4.78, 5) is 26.5. The summed E-state index contributed by atoms with van der Waals surface area (Å²) in [6.45, 7) is 2.23. The molecule has 0 saturated heterocycles. The van der Waals surface area contributed by atoms with Crippen molar-refractivity contribution in [2.45, 2.75) is 19.8 Å². The summed E-state index contributed by atoms with van der Waals surface area (Å²) in [6, 6.07) is 9.34. The van der Waals surface area contributed by atoms with Gasteiger partial charge < -0.3 is 10.2 Å². The number of fused-ring (bicyclic) bond motifs is 1. The third-order valence-electron chi connectivity index (χ3n) is 4.18. The number of nitrogens with zero attached hydrogens (tertiary/aromatic N) is 3. The van der Waals surface area contributed by atoms with Crippen molar-refractivity contribution in [3.8, 4) is 0 Å². The van der Waals surface area contributed by atoms with Crippen molar-refractivity contribution in [3.63, 3.8) is 0 Å². The van der Waals surface area contributed by atoms with E-state index in [1.807, 2.05) is 44.3 Å². The van der Waals surface area contributed by atoms with E-state index in [4.69, 9.17) is 0 Å². The van der Waals surface area contributed by atoms with Gasteiger partial charge in [0.05, 0.1) is 17.3 Å². The molecule has 1 aliphatic heterocycles. The third-order valence-corrected chi connectivity index (χ3v) is 4.18. The lowest BCUT2D eigenvalue weighted by atomic mass is 10.1. The van der Waals surface area contributed by atoms with Gasteiger partial charge in [-0.15, -0.1) is 0 Å². The summed E-state index contributed by atoms with van der Waals surface area (Å²) in [6.07, 6.45) is 2.74. The van der Waals surface area contributed by atoms with Gasteiger partial charge in [-0.1, -0.05) is 19.1 Å². The summed E-state index contributed by atoms with van der Waals surface area (Å²) in [5.74, 6) is -0.288. The second-order valence-corrected chi connectivity index (χ2v) is 5.86. The average Bonchev–Trinajstić information content (AvgIpc) is 2.90. The zero-order valence-electron chi connectivity index (χ0n) is 13.3. The summed E-state index contributed by atoms with van der Waals surface area (Å²) >= 11 is 0. The number of aryl methyl sites for hydroxylation is 2. The van der Waals surface area contributed by atoms with E-state index in [9.17, 15) is 9.59 Å². The van der Waals surface area contributed by atoms with Gasteiger partial charge in [-0.25, -0.2) is 0 Å². The predicted octanol–water partition coefficient (Wildman–Crippen LogP) is 1.97. The van der Waals surface area contributed by atoms with Crippen LogP contribution in [0, 0.1) is 5.92 Å². The molecular weight excluding hydrogens is 292 g/mol. The molecule has 6 nitrogen and oxygen atoms in total. The Balaban J connectivity index is 1.81. The maximum atomic E-state index is 12.7. The Morgan fingerprint density at radius 2 is 2.13 bits per heavy atom. The Bertz CT molecular complexity index is 738. The highest BCUT2D eigenvalue weighted by atomic mass is 16.2. The normalized spacial score (nSPS) is 17.4. The number of rotatable bonds is 3. The Kier molecular flexibility index (Phi) is 4.14. The molecule has 0 bridgehead atoms. The molecule has 2 amide bonds. The molecule has 0 radical (unpaired) electrons. The maximum Gasteiger partial charge on any atom is 0.229 e. The second kappa shape index (κ2) is 6.24. The number of hydrogen-bond donors (Lipinski definition) is 1. The van der Waals surface area contributed by atoms with Crippen LogP contribution in [0.1, 0.15) is 19.0 Å². The molecule has 0 saturated carbocycles. The molecule has 120 valence electrons. The summed E-state index contributed by atoms with van der Waals surface area (Å²) in [5, 5.41) is 7.01. The van der Waals surface area contributed by atoms with Crippen molar-refractivity contribution in [3.05, 3.63) is 42.2 Å². The lowest BCUT2D eigenvalue weighted by Gasteiger charge is -2.23. The molecule has 2 heterocycles. The molecule has 1 aromatic heterocycles. The van der Waals surface area contributed by atoms with Crippen molar-refractivity contribution in [1.29, 1.82) is 0 Å². The minimum absolute atomic E-state index is 0.0157. The fourth-order valence-corrected chi connectivity index (χ4v) is 2.78. The molecule has 1 atom stereocenters. The van der Waals surface area contributed by atoms with Crippen LogP contribution in [0.4, 0.5) is 11.4 Å². The molecule has 1 aliphatic rings. The summed E-state index contributed by atoms with van der Waals surface area (Å²) < 4.78 is 1.78. The minimum atomic E-state index is -0.247. The Labute approximate surface area is 135 Å². The number of carbonyl (C=O) groups excluding carboxylic acids is 2. The lowest BCUT2D eigenvalue weighted by molar-refractivity contribution is -0.120. The van der Waals surface area contributed by atoms with E-state index in [1.165, 1.54) is 0 Å². The number of benzene rings is 1. The van der Waals surface area contributed by atoms with Crippen LogP contribution in [-0.4, -0.2) is 28.1 Å². The molecule has 0 aliphatic carbocycles. The van der Waals surface area contributed by atoms with E-state index >= 15 is 0 Å². The van der Waals surface area contributed by atoms with Gasteiger partial charge in [0.15, 0.2) is 0 Å². The summed E-state index contributed by atoms with van der Waals surface area (Å²) in [5.41, 5.74) is 2.47. The highest BCUT2D eigenvalue weighted by molar-refractivity contribution is 6.04. The average molecular weight is 312 g/mol. The van der Waals surface area contributed by atoms with Gasteiger partial charge >= 0.3 is 0 Å². The van der Waals surface area contributed by atoms with Crippen LogP contribution >= 0.6 is 0 Å². The number of aromatic nitrogens is 2. The highest BCUT2D eigenvalue weighted by Crippen LogP contribution is 2.30. The van der Waals surface area contributed by atoms with E-state index in [0.29, 0.717) is 25.1 Å². The van der Waals surface area contributed by atoms with Crippen LogP contribution in [0.5, 0.6) is 0 Å². The van der Waals surface area contributed by atoms with E-state index < -0.39 is 0 Å². The van der Waals surface area contributed by atoms with Crippen molar-refractivity contribution >= 4 is 23.2 Å². The van der Waals surface area contributed by atoms with Crippen LogP contribution in [0.25, 0.3) is 0 Å². The Morgan fingerprint density at radius 1 is 1.35 bits per heavy atom. The van der Waals surface area contributed by atoms with E-state index in [1.54, 1.807) is 15.8 Å². The highest BCUT2D eigenvalue weighted by Gasteiger charge is 2.28. The second-order valence-electron chi connectivity index (χ2n) is 5.86. The zero-order chi connectivity index (χ0) is 16.4. The molecular formula is C17H20N4O2. The minimum Gasteiger partial charge on any atom is -0.324 e. The number of para-hydroxylation sites is 2. The van der Waals surface area contributed by atoms with Crippen LogP contribution in [0.15, 0.2) is 36.5 Å². The van der Waals surface area contributed by atoms with E-state index in [2.05, 4.69) is 10.4 Å². The topological polar surface area (TPSA) is 67.2 Å². The zero-order valence-corrected chi connectivity index (χ0v) is 13.3. The van der Waals surface area contributed by atoms with Crippen LogP contribution in [0.3, 0.4) is 0 Å². The van der Waals surface area contributed by atoms with E-state index in [0.717, 1.165) is 11.4 Å². The van der Waals surface area contributed by atoms with Gasteiger partial charge in [0.25, 0.3) is 0 Å². The monoisotopic (exact) mass is 312 g/mol. The molecule has 2 aromatic rings. The van der Waals surface area contributed by atoms with Gasteiger partial charge in [-0.05, 0) is 24.6 Å². The fourth-order valence-electron chi connectivity index (χ4n) is 2.78. The van der Waals surface area contributed by atoms with Crippen LogP contribution in [-0.2, 0) is 23.1 Å². The predicted molar refractivity (Wildman–Crippen MR) is 88.1 cm³/mol. The van der Waals surface area contributed by atoms with Crippen molar-refractivity contribution in [2.75, 3.05) is 16.8 Å². The first-order valence-electron chi connectivity index (χ1n) is 7.73. The first-order valence-corrected chi connectivity index (χ1v) is 7.73. The van der Waals surface area contributed by atoms with E-state index in [-0.39, 0.29) is 17.7 Å². The maximum absolute atomic E-state index is 12.7. The van der Waals surface area contributed by atoms with Crippen LogP contribution < -0.4 is 10.2 Å². The standard InChI is InChI=1S/C17H20N4O2/c1-12-11-21(15-6-4-3-5-14(15)19-17(12)23)16(22)8-7-13-9-10-18-20(13)2/h3-6,9-10,12H,7-8,11H2,1-2H3,(H,19,23). The van der Waals surface area contributed by atoms with Gasteiger partial charge in [0.1, 0.15) is 0 Å². The first-order chi connectivity index (χ1) is 11.1. The number of anilines is 2. The van der Waals surface area contributed by atoms with Gasteiger partial charge in [-0.3, -0.25) is 14.3 Å². The van der Waals surface area contributed by atoms with Gasteiger partial charge in [0, 0.05) is 31.9 Å². The molecule has 0 spiro atoms. The lowest BCUT2D eigenvalue weighted by Crippen LogP contribution is -2.36. The fraction of sp³-hybridized carbons (Fsp3) is 0.353. The quantitative estimate of drug-likeness (QED) is 0.942. The smallest absolute Gasteiger partial charge is 0.229 e. The SMILES string of the molecule is CC1CN(C(=O)CCc2ccnn2C)c2ccccc2NC1=O. The van der Waals surface area contributed by atoms with Crippen molar-refractivity contribution < 1.29 is 9.59 Å². The van der Waals surface area contributed by atoms with Crippen molar-refractivity contribution in [1.82, 2.24) is 9.78 Å². The Morgan fingerprint density at radius 3 is 2.87 bits per heavy atom. The van der Waals surface area contributed by atoms with Gasteiger partial charge in [-0.2, -0.15) is 5.10 Å². The van der Waals surface area contributed by atoms with Crippen molar-refractivity contribution in [2.24, 2.45) is 13.0 Å². The number of amides is 2. The van der Waals surface area contributed by atoms with Crippen LogP contribution in [0.2, 0.25) is 0 Å². The first kappa shape index (κ1) is 15.3. The summed E-state index contributed by atoms with van der Waals surface area (Å²) in [7, 11) is 1.87. The number of carbonyl (C=O) groups is 2. The number of hydrogen-bond acceptors (Lipinski definition) is 3. The molecule has 3 rings (SSSR count). The molecule has 1 N–H and O–H groups in total. The largest absolute Gasteiger partial charge is 0.324 e.